The van der Waals surface area contributed by atoms with Crippen LogP contribution in [0.4, 0.5) is 0 Å². The van der Waals surface area contributed by atoms with E-state index < -0.39 is 0 Å². The molecule has 1 heterocycles. The molecule has 0 amide bonds. The molecular weight excluding hydrogens is 264 g/mol. The number of hydrogen-bond acceptors (Lipinski definition) is 3. The number of nitrogens with zero attached hydrogens (tertiary/aromatic N) is 1. The highest BCUT2D eigenvalue weighted by atomic mass is 35.5. The lowest BCUT2D eigenvalue weighted by Crippen LogP contribution is -2.27. The summed E-state index contributed by atoms with van der Waals surface area (Å²) < 4.78 is 0. The van der Waals surface area contributed by atoms with Gasteiger partial charge in [-0.25, -0.2) is 4.98 Å². The maximum absolute atomic E-state index is 6.16. The van der Waals surface area contributed by atoms with Gasteiger partial charge < -0.3 is 5.32 Å². The van der Waals surface area contributed by atoms with Crippen LogP contribution in [0.1, 0.15) is 23.1 Å². The van der Waals surface area contributed by atoms with Gasteiger partial charge in [0, 0.05) is 22.5 Å². The van der Waals surface area contributed by atoms with Gasteiger partial charge in [-0.1, -0.05) is 29.8 Å². The highest BCUT2D eigenvalue weighted by molar-refractivity contribution is 7.09. The van der Waals surface area contributed by atoms with Crippen molar-refractivity contribution in [2.45, 2.75) is 32.9 Å². The third-order valence-electron chi connectivity index (χ3n) is 2.94. The lowest BCUT2D eigenvalue weighted by Gasteiger charge is -2.14. The Morgan fingerprint density at radius 1 is 1.39 bits per heavy atom. The molecule has 1 unspecified atom stereocenters. The minimum Gasteiger partial charge on any atom is -0.309 e. The molecule has 2 nitrogen and oxygen atoms in total. The van der Waals surface area contributed by atoms with E-state index in [4.69, 9.17) is 11.6 Å². The monoisotopic (exact) mass is 280 g/mol. The third-order valence-corrected chi connectivity index (χ3v) is 4.24. The van der Waals surface area contributed by atoms with Gasteiger partial charge in [0.15, 0.2) is 0 Å². The molecule has 1 N–H and O–H groups in total. The maximum atomic E-state index is 6.16. The summed E-state index contributed by atoms with van der Waals surface area (Å²) in [4.78, 5) is 5.56. The first-order valence-corrected chi connectivity index (χ1v) is 7.28. The quantitative estimate of drug-likeness (QED) is 0.900. The second kappa shape index (κ2) is 6.32. The predicted octanol–water partition coefficient (Wildman–Crippen LogP) is 3.83. The zero-order valence-electron chi connectivity index (χ0n) is 10.6. The third kappa shape index (κ3) is 3.55. The topological polar surface area (TPSA) is 24.9 Å². The van der Waals surface area contributed by atoms with Gasteiger partial charge in [-0.05, 0) is 31.9 Å². The van der Waals surface area contributed by atoms with Crippen molar-refractivity contribution in [1.29, 1.82) is 0 Å². The number of thiazole rings is 1. The van der Waals surface area contributed by atoms with Gasteiger partial charge in [-0.2, -0.15) is 0 Å². The van der Waals surface area contributed by atoms with E-state index in [1.165, 1.54) is 10.4 Å². The van der Waals surface area contributed by atoms with Crippen molar-refractivity contribution in [1.82, 2.24) is 10.3 Å². The molecule has 1 aromatic carbocycles. The summed E-state index contributed by atoms with van der Waals surface area (Å²) in [6, 6.07) is 8.41. The molecule has 2 rings (SSSR count). The number of aromatic nitrogens is 1. The second-order valence-corrected chi connectivity index (χ2v) is 5.78. The Morgan fingerprint density at radius 3 is 2.83 bits per heavy atom. The van der Waals surface area contributed by atoms with E-state index in [1.807, 2.05) is 30.6 Å². The average molecular weight is 281 g/mol. The number of aryl methyl sites for hydroxylation is 1. The van der Waals surface area contributed by atoms with E-state index in [0.717, 1.165) is 23.7 Å². The zero-order chi connectivity index (χ0) is 13.0. The molecule has 0 aliphatic carbocycles. The second-order valence-electron chi connectivity index (χ2n) is 4.44. The number of rotatable bonds is 5. The van der Waals surface area contributed by atoms with Crippen molar-refractivity contribution in [3.63, 3.8) is 0 Å². The summed E-state index contributed by atoms with van der Waals surface area (Å²) >= 11 is 7.86. The Kier molecular flexibility index (Phi) is 4.75. The predicted molar refractivity (Wildman–Crippen MR) is 78.3 cm³/mol. The van der Waals surface area contributed by atoms with Crippen LogP contribution in [-0.2, 0) is 13.0 Å². The Morgan fingerprint density at radius 2 is 2.17 bits per heavy atom. The minimum absolute atomic E-state index is 0.395. The van der Waals surface area contributed by atoms with Crippen molar-refractivity contribution >= 4 is 22.9 Å². The van der Waals surface area contributed by atoms with Crippen molar-refractivity contribution in [2.75, 3.05) is 0 Å². The number of hydrogen-bond donors (Lipinski definition) is 1. The van der Waals surface area contributed by atoms with E-state index in [-0.39, 0.29) is 0 Å². The summed E-state index contributed by atoms with van der Waals surface area (Å²) in [5, 5.41) is 4.36. The molecule has 0 saturated heterocycles. The highest BCUT2D eigenvalue weighted by Crippen LogP contribution is 2.17. The first kappa shape index (κ1) is 13.5. The Balaban J connectivity index is 1.88. The van der Waals surface area contributed by atoms with Crippen LogP contribution in [0.3, 0.4) is 0 Å². The molecule has 0 fully saturated rings. The first-order chi connectivity index (χ1) is 8.66. The molecular formula is C14H17ClN2S. The molecule has 2 aromatic rings. The molecule has 1 atom stereocenters. The first-order valence-electron chi connectivity index (χ1n) is 6.02. The average Bonchev–Trinajstić information content (AvgIpc) is 2.75. The number of halogens is 1. The lowest BCUT2D eigenvalue weighted by atomic mass is 10.1. The SMILES string of the molecule is Cc1ncsc1CNC(C)Cc1ccccc1Cl. The molecule has 1 aromatic heterocycles. The Hall–Kier alpha value is -0.900. The van der Waals surface area contributed by atoms with Gasteiger partial charge in [-0.3, -0.25) is 0 Å². The molecule has 0 radical (unpaired) electrons. The summed E-state index contributed by atoms with van der Waals surface area (Å²) in [6.45, 7) is 5.11. The van der Waals surface area contributed by atoms with Crippen LogP contribution in [0.2, 0.25) is 5.02 Å². The van der Waals surface area contributed by atoms with Crippen LogP contribution in [-0.4, -0.2) is 11.0 Å². The molecule has 18 heavy (non-hydrogen) atoms. The fourth-order valence-electron chi connectivity index (χ4n) is 1.83. The van der Waals surface area contributed by atoms with Gasteiger partial charge in [-0.15, -0.1) is 11.3 Å². The minimum atomic E-state index is 0.395. The smallest absolute Gasteiger partial charge is 0.0798 e. The standard InChI is InChI=1S/C14H17ClN2S/c1-10(7-12-5-3-4-6-13(12)15)16-8-14-11(2)17-9-18-14/h3-6,9-10,16H,7-8H2,1-2H3. The molecule has 0 aliphatic rings. The number of nitrogens with one attached hydrogen (secondary N) is 1. The Labute approximate surface area is 117 Å². The van der Waals surface area contributed by atoms with Crippen LogP contribution >= 0.6 is 22.9 Å². The van der Waals surface area contributed by atoms with Crippen LogP contribution in [0.5, 0.6) is 0 Å². The molecule has 4 heteroatoms. The Bertz CT molecular complexity index is 510. The molecule has 0 bridgehead atoms. The molecule has 0 saturated carbocycles. The van der Waals surface area contributed by atoms with E-state index in [1.54, 1.807) is 11.3 Å². The highest BCUT2D eigenvalue weighted by Gasteiger charge is 2.07. The van der Waals surface area contributed by atoms with Crippen LogP contribution in [0.25, 0.3) is 0 Å². The largest absolute Gasteiger partial charge is 0.309 e. The van der Waals surface area contributed by atoms with Gasteiger partial charge in [0.2, 0.25) is 0 Å². The molecule has 0 spiro atoms. The van der Waals surface area contributed by atoms with Crippen LogP contribution in [0, 0.1) is 6.92 Å². The fraction of sp³-hybridized carbons (Fsp3) is 0.357. The van der Waals surface area contributed by atoms with Gasteiger partial charge >= 0.3 is 0 Å². The van der Waals surface area contributed by atoms with Crippen molar-refractivity contribution < 1.29 is 0 Å². The van der Waals surface area contributed by atoms with Crippen molar-refractivity contribution in [3.8, 4) is 0 Å². The summed E-state index contributed by atoms with van der Waals surface area (Å²) in [6.07, 6.45) is 0.942. The summed E-state index contributed by atoms with van der Waals surface area (Å²) in [5.41, 5.74) is 4.21. The zero-order valence-corrected chi connectivity index (χ0v) is 12.2. The summed E-state index contributed by atoms with van der Waals surface area (Å²) in [5.74, 6) is 0. The van der Waals surface area contributed by atoms with Gasteiger partial charge in [0.25, 0.3) is 0 Å². The van der Waals surface area contributed by atoms with E-state index >= 15 is 0 Å². The lowest BCUT2D eigenvalue weighted by molar-refractivity contribution is 0.547. The molecule has 0 aliphatic heterocycles. The van der Waals surface area contributed by atoms with E-state index in [9.17, 15) is 0 Å². The van der Waals surface area contributed by atoms with Crippen LogP contribution < -0.4 is 5.32 Å². The van der Waals surface area contributed by atoms with Gasteiger partial charge in [0.05, 0.1) is 11.2 Å². The maximum Gasteiger partial charge on any atom is 0.0798 e. The van der Waals surface area contributed by atoms with Crippen LogP contribution in [0.15, 0.2) is 29.8 Å². The van der Waals surface area contributed by atoms with Crippen molar-refractivity contribution in [3.05, 3.63) is 50.9 Å². The summed E-state index contributed by atoms with van der Waals surface area (Å²) in [7, 11) is 0. The normalized spacial score (nSPS) is 12.6. The molecule has 96 valence electrons. The number of benzene rings is 1. The van der Waals surface area contributed by atoms with Gasteiger partial charge in [0.1, 0.15) is 0 Å². The van der Waals surface area contributed by atoms with Crippen molar-refractivity contribution in [2.24, 2.45) is 0 Å². The van der Waals surface area contributed by atoms with E-state index in [0.29, 0.717) is 6.04 Å². The fourth-order valence-corrected chi connectivity index (χ4v) is 2.77. The van der Waals surface area contributed by atoms with E-state index in [2.05, 4.69) is 23.3 Å².